The Balaban J connectivity index is 2.38. The first-order valence-electron chi connectivity index (χ1n) is 5.50. The van der Waals surface area contributed by atoms with Crippen LogP contribution in [0.2, 0.25) is 0 Å². The van der Waals surface area contributed by atoms with E-state index >= 15 is 0 Å². The minimum atomic E-state index is -3.33. The lowest BCUT2D eigenvalue weighted by Gasteiger charge is -1.98. The van der Waals surface area contributed by atoms with Crippen LogP contribution < -0.4 is 0 Å². The molecule has 0 aliphatic rings. The van der Waals surface area contributed by atoms with Crippen molar-refractivity contribution in [1.29, 1.82) is 0 Å². The van der Waals surface area contributed by atoms with Crippen molar-refractivity contribution in [1.82, 2.24) is 15.1 Å². The van der Waals surface area contributed by atoms with Crippen LogP contribution in [0.4, 0.5) is 0 Å². The Hall–Kier alpha value is -1.76. The molecule has 7 heteroatoms. The zero-order valence-corrected chi connectivity index (χ0v) is 10.9. The number of aromatic nitrogens is 3. The Bertz CT molecular complexity index is 649. The molecule has 2 heterocycles. The molecule has 0 saturated heterocycles. The fourth-order valence-corrected chi connectivity index (χ4v) is 2.03. The predicted molar refractivity (Wildman–Crippen MR) is 64.6 cm³/mol. The van der Waals surface area contributed by atoms with E-state index in [1.54, 1.807) is 6.07 Å². The molecule has 96 valence electrons. The topological polar surface area (TPSA) is 86.0 Å². The van der Waals surface area contributed by atoms with Crippen LogP contribution >= 0.6 is 0 Å². The highest BCUT2D eigenvalue weighted by molar-refractivity contribution is 7.90. The maximum absolute atomic E-state index is 11.4. The highest BCUT2D eigenvalue weighted by atomic mass is 32.2. The summed E-state index contributed by atoms with van der Waals surface area (Å²) in [6.45, 7) is 2.01. The van der Waals surface area contributed by atoms with Crippen molar-refractivity contribution in [2.45, 2.75) is 24.8 Å². The maximum atomic E-state index is 11.4. The van der Waals surface area contributed by atoms with Gasteiger partial charge in [-0.3, -0.25) is 0 Å². The average Bonchev–Trinajstić information content (AvgIpc) is 2.77. The van der Waals surface area contributed by atoms with Crippen LogP contribution in [0.25, 0.3) is 11.4 Å². The van der Waals surface area contributed by atoms with E-state index in [2.05, 4.69) is 15.1 Å². The molecule has 0 bridgehead atoms. The number of nitrogens with zero attached hydrogens (tertiary/aromatic N) is 3. The second-order valence-corrected chi connectivity index (χ2v) is 5.88. The van der Waals surface area contributed by atoms with Crippen molar-refractivity contribution in [3.05, 3.63) is 24.2 Å². The van der Waals surface area contributed by atoms with Gasteiger partial charge in [-0.05, 0) is 18.6 Å². The Morgan fingerprint density at radius 3 is 2.83 bits per heavy atom. The van der Waals surface area contributed by atoms with Gasteiger partial charge < -0.3 is 4.52 Å². The molecule has 0 aliphatic heterocycles. The van der Waals surface area contributed by atoms with Gasteiger partial charge in [-0.1, -0.05) is 12.1 Å². The van der Waals surface area contributed by atoms with Gasteiger partial charge in [-0.15, -0.1) is 0 Å². The number of hydrogen-bond acceptors (Lipinski definition) is 6. The van der Waals surface area contributed by atoms with E-state index in [0.29, 0.717) is 23.7 Å². The number of pyridine rings is 1. The number of aryl methyl sites for hydroxylation is 1. The normalized spacial score (nSPS) is 11.7. The standard InChI is InChI=1S/C11H13N3O3S/c1-3-4-9-13-11(14-17-9)8-5-6-12-10(7-8)18(2,15)16/h5-7H,3-4H2,1-2H3. The molecule has 0 atom stereocenters. The predicted octanol–water partition coefficient (Wildman–Crippen LogP) is 1.49. The molecular weight excluding hydrogens is 254 g/mol. The first-order valence-corrected chi connectivity index (χ1v) is 7.39. The average molecular weight is 267 g/mol. The smallest absolute Gasteiger partial charge is 0.226 e. The summed E-state index contributed by atoms with van der Waals surface area (Å²) in [6.07, 6.45) is 4.14. The van der Waals surface area contributed by atoms with Gasteiger partial charge in [-0.2, -0.15) is 4.98 Å². The van der Waals surface area contributed by atoms with Crippen molar-refractivity contribution < 1.29 is 12.9 Å². The van der Waals surface area contributed by atoms with Gasteiger partial charge in [-0.25, -0.2) is 13.4 Å². The van der Waals surface area contributed by atoms with Gasteiger partial charge in [0, 0.05) is 24.4 Å². The molecule has 0 aromatic carbocycles. The van der Waals surface area contributed by atoms with Crippen molar-refractivity contribution in [3.63, 3.8) is 0 Å². The Morgan fingerprint density at radius 2 is 2.17 bits per heavy atom. The van der Waals surface area contributed by atoms with E-state index in [9.17, 15) is 8.42 Å². The summed E-state index contributed by atoms with van der Waals surface area (Å²) >= 11 is 0. The minimum Gasteiger partial charge on any atom is -0.339 e. The molecule has 0 N–H and O–H groups in total. The lowest BCUT2D eigenvalue weighted by Crippen LogP contribution is -2.00. The van der Waals surface area contributed by atoms with E-state index in [1.807, 2.05) is 6.92 Å². The largest absolute Gasteiger partial charge is 0.339 e. The van der Waals surface area contributed by atoms with Crippen molar-refractivity contribution in [2.24, 2.45) is 0 Å². The second-order valence-electron chi connectivity index (χ2n) is 3.92. The third-order valence-corrected chi connectivity index (χ3v) is 3.29. The van der Waals surface area contributed by atoms with Gasteiger partial charge in [0.05, 0.1) is 0 Å². The van der Waals surface area contributed by atoms with Gasteiger partial charge in [0.25, 0.3) is 0 Å². The first kappa shape index (κ1) is 12.7. The van der Waals surface area contributed by atoms with Gasteiger partial charge in [0.15, 0.2) is 14.9 Å². The van der Waals surface area contributed by atoms with E-state index in [0.717, 1.165) is 12.7 Å². The van der Waals surface area contributed by atoms with Crippen LogP contribution in [0.1, 0.15) is 19.2 Å². The van der Waals surface area contributed by atoms with Crippen LogP contribution in [-0.4, -0.2) is 29.8 Å². The molecule has 0 aliphatic carbocycles. The molecule has 0 fully saturated rings. The fourth-order valence-electron chi connectivity index (χ4n) is 1.44. The van der Waals surface area contributed by atoms with Gasteiger partial charge >= 0.3 is 0 Å². The zero-order valence-electron chi connectivity index (χ0n) is 10.1. The summed E-state index contributed by atoms with van der Waals surface area (Å²) < 4.78 is 27.8. The third kappa shape index (κ3) is 2.73. The first-order chi connectivity index (χ1) is 8.50. The highest BCUT2D eigenvalue weighted by Crippen LogP contribution is 2.18. The fraction of sp³-hybridized carbons (Fsp3) is 0.364. The Labute approximate surface area is 105 Å². The lowest BCUT2D eigenvalue weighted by atomic mass is 10.2. The van der Waals surface area contributed by atoms with Crippen LogP contribution in [-0.2, 0) is 16.3 Å². The molecule has 0 radical (unpaired) electrons. The summed E-state index contributed by atoms with van der Waals surface area (Å²) in [5.41, 5.74) is 0.580. The summed E-state index contributed by atoms with van der Waals surface area (Å²) in [4.78, 5) is 8.00. The monoisotopic (exact) mass is 267 g/mol. The van der Waals surface area contributed by atoms with E-state index in [4.69, 9.17) is 4.52 Å². The highest BCUT2D eigenvalue weighted by Gasteiger charge is 2.13. The van der Waals surface area contributed by atoms with Gasteiger partial charge in [0.2, 0.25) is 11.7 Å². The molecular formula is C11H13N3O3S. The van der Waals surface area contributed by atoms with Crippen molar-refractivity contribution in [3.8, 4) is 11.4 Å². The van der Waals surface area contributed by atoms with Crippen molar-refractivity contribution >= 4 is 9.84 Å². The quantitative estimate of drug-likeness (QED) is 0.834. The Morgan fingerprint density at radius 1 is 1.39 bits per heavy atom. The molecule has 0 spiro atoms. The maximum Gasteiger partial charge on any atom is 0.226 e. The van der Waals surface area contributed by atoms with Crippen LogP contribution in [0.5, 0.6) is 0 Å². The number of sulfone groups is 1. The molecule has 6 nitrogen and oxygen atoms in total. The molecule has 0 unspecified atom stereocenters. The lowest BCUT2D eigenvalue weighted by molar-refractivity contribution is 0.378. The molecule has 2 rings (SSSR count). The third-order valence-electron chi connectivity index (χ3n) is 2.30. The molecule has 2 aromatic heterocycles. The number of hydrogen-bond donors (Lipinski definition) is 0. The number of rotatable bonds is 4. The zero-order chi connectivity index (χ0) is 13.2. The summed E-state index contributed by atoms with van der Waals surface area (Å²) in [7, 11) is -3.33. The SMILES string of the molecule is CCCc1nc(-c2ccnc(S(C)(=O)=O)c2)no1. The van der Waals surface area contributed by atoms with E-state index in [-0.39, 0.29) is 5.03 Å². The van der Waals surface area contributed by atoms with E-state index < -0.39 is 9.84 Å². The molecule has 0 amide bonds. The van der Waals surface area contributed by atoms with E-state index in [1.165, 1.54) is 12.3 Å². The van der Waals surface area contributed by atoms with Gasteiger partial charge in [0.1, 0.15) is 0 Å². The van der Waals surface area contributed by atoms with Crippen molar-refractivity contribution in [2.75, 3.05) is 6.26 Å². The minimum absolute atomic E-state index is 0.00171. The van der Waals surface area contributed by atoms with Crippen LogP contribution in [0.3, 0.4) is 0 Å². The summed E-state index contributed by atoms with van der Waals surface area (Å²) in [6, 6.07) is 3.09. The molecule has 0 saturated carbocycles. The molecule has 2 aromatic rings. The second kappa shape index (κ2) is 4.85. The van der Waals surface area contributed by atoms with Crippen LogP contribution in [0.15, 0.2) is 27.9 Å². The summed E-state index contributed by atoms with van der Waals surface area (Å²) in [5.74, 6) is 0.927. The Kier molecular flexibility index (Phi) is 3.42. The molecule has 18 heavy (non-hydrogen) atoms. The summed E-state index contributed by atoms with van der Waals surface area (Å²) in [5, 5.41) is 3.82. The van der Waals surface area contributed by atoms with Crippen LogP contribution in [0, 0.1) is 0 Å².